The van der Waals surface area contributed by atoms with Crippen molar-refractivity contribution in [3.05, 3.63) is 30.1 Å². The molecule has 1 aromatic rings. The molecule has 0 atom stereocenters. The molecule has 0 spiro atoms. The van der Waals surface area contributed by atoms with Gasteiger partial charge in [-0.3, -0.25) is 14.6 Å². The van der Waals surface area contributed by atoms with Crippen LogP contribution in [0.5, 0.6) is 0 Å². The zero-order valence-electron chi connectivity index (χ0n) is 10.1. The van der Waals surface area contributed by atoms with Crippen molar-refractivity contribution < 1.29 is 14.4 Å². The quantitative estimate of drug-likeness (QED) is 0.453. The Labute approximate surface area is 109 Å². The molecule has 102 valence electrons. The van der Waals surface area contributed by atoms with E-state index in [1.165, 1.54) is 0 Å². The Bertz CT molecular complexity index is 449. The van der Waals surface area contributed by atoms with Crippen LogP contribution in [0.25, 0.3) is 0 Å². The minimum Gasteiger partial charge on any atom is -0.367 e. The third-order valence-corrected chi connectivity index (χ3v) is 2.27. The first-order valence-electron chi connectivity index (χ1n) is 5.52. The lowest BCUT2D eigenvalue weighted by Gasteiger charge is -2.12. The molecule has 0 bridgehead atoms. The lowest BCUT2D eigenvalue weighted by molar-refractivity contribution is -0.128. The number of pyridine rings is 1. The number of hydrogen-bond donors (Lipinski definition) is 4. The Balaban J connectivity index is 2.35. The van der Waals surface area contributed by atoms with E-state index in [2.05, 4.69) is 15.6 Å². The Morgan fingerprint density at radius 2 is 1.95 bits per heavy atom. The largest absolute Gasteiger partial charge is 0.367 e. The second-order valence-corrected chi connectivity index (χ2v) is 3.75. The average molecular weight is 265 g/mol. The topological polar surface area (TPSA) is 140 Å². The lowest BCUT2D eigenvalue weighted by Crippen LogP contribution is -2.55. The van der Waals surface area contributed by atoms with Crippen LogP contribution in [0.3, 0.4) is 0 Å². The fourth-order valence-corrected chi connectivity index (χ4v) is 1.33. The molecule has 1 rings (SSSR count). The van der Waals surface area contributed by atoms with Gasteiger partial charge >= 0.3 is 6.03 Å². The van der Waals surface area contributed by atoms with E-state index in [1.54, 1.807) is 18.5 Å². The molecule has 0 saturated heterocycles. The minimum absolute atomic E-state index is 0.321. The number of carbonyl (C=O) groups excluding carboxylic acids is 3. The molecule has 0 radical (unpaired) electrons. The Morgan fingerprint density at radius 3 is 2.47 bits per heavy atom. The molecule has 0 unspecified atom stereocenters. The molecule has 1 heterocycles. The maximum absolute atomic E-state index is 11.4. The number of hydrogen-bond acceptors (Lipinski definition) is 4. The molecular weight excluding hydrogens is 250 g/mol. The number of nitrogens with zero attached hydrogens (tertiary/aromatic N) is 1. The van der Waals surface area contributed by atoms with Gasteiger partial charge in [-0.05, 0) is 18.1 Å². The number of carbonyl (C=O) groups is 3. The fourth-order valence-electron chi connectivity index (χ4n) is 1.33. The Kier molecular flexibility index (Phi) is 5.27. The van der Waals surface area contributed by atoms with Crippen LogP contribution in [0, 0.1) is 0 Å². The summed E-state index contributed by atoms with van der Waals surface area (Å²) in [6.07, 6.45) is 3.89. The van der Waals surface area contributed by atoms with E-state index >= 15 is 0 Å². The predicted octanol–water partition coefficient (Wildman–Crippen LogP) is -1.74. The summed E-state index contributed by atoms with van der Waals surface area (Å²) in [4.78, 5) is 37.0. The second kappa shape index (κ2) is 6.94. The van der Waals surface area contributed by atoms with Crippen molar-refractivity contribution in [2.45, 2.75) is 12.5 Å². The average Bonchev–Trinajstić information content (AvgIpc) is 2.36. The van der Waals surface area contributed by atoms with E-state index in [4.69, 9.17) is 11.5 Å². The highest BCUT2D eigenvalue weighted by atomic mass is 16.2. The molecule has 0 aromatic carbocycles. The molecule has 0 saturated carbocycles. The Hall–Kier alpha value is -2.64. The van der Waals surface area contributed by atoms with Crippen LogP contribution in [0.1, 0.15) is 5.56 Å². The van der Waals surface area contributed by atoms with Crippen LogP contribution in [-0.4, -0.2) is 35.4 Å². The van der Waals surface area contributed by atoms with Crippen LogP contribution in [0.15, 0.2) is 24.5 Å². The normalized spacial score (nSPS) is 9.95. The van der Waals surface area contributed by atoms with Gasteiger partial charge in [-0.1, -0.05) is 6.07 Å². The number of aromatic nitrogens is 1. The fraction of sp³-hybridized carbons (Fsp3) is 0.273. The maximum Gasteiger partial charge on any atom is 0.315 e. The third-order valence-electron chi connectivity index (χ3n) is 2.27. The van der Waals surface area contributed by atoms with Crippen molar-refractivity contribution in [2.75, 3.05) is 6.54 Å². The van der Waals surface area contributed by atoms with Gasteiger partial charge in [0.25, 0.3) is 0 Å². The van der Waals surface area contributed by atoms with Crippen LogP contribution in [0.4, 0.5) is 4.79 Å². The summed E-state index contributed by atoms with van der Waals surface area (Å²) in [5.41, 5.74) is 10.8. The summed E-state index contributed by atoms with van der Waals surface area (Å²) in [5.74, 6) is -2.01. The van der Waals surface area contributed by atoms with Gasteiger partial charge in [-0.25, -0.2) is 4.79 Å². The zero-order valence-corrected chi connectivity index (χ0v) is 10.1. The number of primary amides is 2. The van der Waals surface area contributed by atoms with E-state index in [9.17, 15) is 14.4 Å². The SMILES string of the molecule is NC(=O)C(NC(=O)NCCc1cccnc1)C(N)=O. The monoisotopic (exact) mass is 265 g/mol. The first-order valence-corrected chi connectivity index (χ1v) is 5.52. The highest BCUT2D eigenvalue weighted by Gasteiger charge is 2.23. The van der Waals surface area contributed by atoms with Crippen molar-refractivity contribution in [1.82, 2.24) is 15.6 Å². The van der Waals surface area contributed by atoms with Gasteiger partial charge in [0.05, 0.1) is 0 Å². The van der Waals surface area contributed by atoms with Crippen molar-refractivity contribution in [2.24, 2.45) is 11.5 Å². The minimum atomic E-state index is -1.52. The molecule has 4 amide bonds. The van der Waals surface area contributed by atoms with E-state index < -0.39 is 23.9 Å². The highest BCUT2D eigenvalue weighted by Crippen LogP contribution is 1.95. The van der Waals surface area contributed by atoms with Crippen LogP contribution >= 0.6 is 0 Å². The first-order chi connectivity index (χ1) is 9.00. The summed E-state index contributed by atoms with van der Waals surface area (Å²) in [5, 5.41) is 4.57. The number of amides is 4. The summed E-state index contributed by atoms with van der Waals surface area (Å²) >= 11 is 0. The number of urea groups is 1. The van der Waals surface area contributed by atoms with Gasteiger partial charge in [0, 0.05) is 18.9 Å². The molecule has 8 heteroatoms. The van der Waals surface area contributed by atoms with Gasteiger partial charge in [-0.2, -0.15) is 0 Å². The highest BCUT2D eigenvalue weighted by molar-refractivity contribution is 6.05. The van der Waals surface area contributed by atoms with E-state index in [0.29, 0.717) is 13.0 Å². The molecule has 1 aromatic heterocycles. The second-order valence-electron chi connectivity index (χ2n) is 3.75. The van der Waals surface area contributed by atoms with Gasteiger partial charge in [0.1, 0.15) is 0 Å². The first kappa shape index (κ1) is 14.4. The van der Waals surface area contributed by atoms with Crippen LogP contribution < -0.4 is 22.1 Å². The van der Waals surface area contributed by atoms with Gasteiger partial charge in [0.2, 0.25) is 11.8 Å². The number of nitrogens with two attached hydrogens (primary N) is 2. The van der Waals surface area contributed by atoms with Gasteiger partial charge in [-0.15, -0.1) is 0 Å². The molecule has 8 nitrogen and oxygen atoms in total. The van der Waals surface area contributed by atoms with Crippen molar-refractivity contribution in [3.63, 3.8) is 0 Å². The summed E-state index contributed by atoms with van der Waals surface area (Å²) in [6, 6.07) is 1.44. The standard InChI is InChI=1S/C11H15N5O3/c12-9(17)8(10(13)18)16-11(19)15-5-3-7-2-1-4-14-6-7/h1-2,4,6,8H,3,5H2,(H2,12,17)(H2,13,18)(H2,15,16,19). The zero-order chi connectivity index (χ0) is 14.3. The van der Waals surface area contributed by atoms with E-state index in [-0.39, 0.29) is 0 Å². The molecule has 6 N–H and O–H groups in total. The van der Waals surface area contributed by atoms with Crippen LogP contribution in [0.2, 0.25) is 0 Å². The lowest BCUT2D eigenvalue weighted by atomic mass is 10.2. The molecule has 0 aliphatic carbocycles. The maximum atomic E-state index is 11.4. The summed E-state index contributed by atoms with van der Waals surface area (Å²) in [7, 11) is 0. The smallest absolute Gasteiger partial charge is 0.315 e. The third kappa shape index (κ3) is 5.02. The van der Waals surface area contributed by atoms with E-state index in [0.717, 1.165) is 5.56 Å². The number of nitrogens with one attached hydrogen (secondary N) is 2. The van der Waals surface area contributed by atoms with Gasteiger partial charge in [0.15, 0.2) is 6.04 Å². The van der Waals surface area contributed by atoms with Crippen LogP contribution in [-0.2, 0) is 16.0 Å². The predicted molar refractivity (Wildman–Crippen MR) is 66.7 cm³/mol. The molecular formula is C11H15N5O3. The van der Waals surface area contributed by atoms with Gasteiger partial charge < -0.3 is 22.1 Å². The Morgan fingerprint density at radius 1 is 1.26 bits per heavy atom. The molecule has 0 aliphatic rings. The van der Waals surface area contributed by atoms with Crippen molar-refractivity contribution in [3.8, 4) is 0 Å². The van der Waals surface area contributed by atoms with Crippen molar-refractivity contribution in [1.29, 1.82) is 0 Å². The molecule has 19 heavy (non-hydrogen) atoms. The molecule has 0 fully saturated rings. The number of rotatable bonds is 6. The molecule has 0 aliphatic heterocycles. The summed E-state index contributed by atoms with van der Waals surface area (Å²) < 4.78 is 0. The summed E-state index contributed by atoms with van der Waals surface area (Å²) in [6.45, 7) is 0.321. The van der Waals surface area contributed by atoms with Crippen molar-refractivity contribution >= 4 is 17.8 Å². The van der Waals surface area contributed by atoms with E-state index in [1.807, 2.05) is 6.07 Å².